The quantitative estimate of drug-likeness (QED) is 0.199. The van der Waals surface area contributed by atoms with Crippen molar-refractivity contribution in [3.8, 4) is 0 Å². The van der Waals surface area contributed by atoms with Gasteiger partial charge in [-0.2, -0.15) is 0 Å². The second-order valence-corrected chi connectivity index (χ2v) is 13.9. The average molecular weight is 425 g/mol. The summed E-state index contributed by atoms with van der Waals surface area (Å²) in [6.45, 7) is 10.2. The maximum absolute atomic E-state index is 11.5. The van der Waals surface area contributed by atoms with E-state index in [0.29, 0.717) is 6.61 Å². The van der Waals surface area contributed by atoms with Crippen LogP contribution in [0.2, 0.25) is 19.6 Å². The second kappa shape index (κ2) is 13.6. The Morgan fingerprint density at radius 3 is 1.93 bits per heavy atom. The van der Waals surface area contributed by atoms with Crippen LogP contribution in [0.4, 0.5) is 0 Å². The zero-order chi connectivity index (χ0) is 21.7. The topological polar surface area (TPSA) is 65.7 Å². The van der Waals surface area contributed by atoms with E-state index in [9.17, 15) is 9.59 Å². The number of esters is 2. The van der Waals surface area contributed by atoms with Crippen molar-refractivity contribution in [3.63, 3.8) is 0 Å². The van der Waals surface area contributed by atoms with E-state index in [-0.39, 0.29) is 18.0 Å². The lowest BCUT2D eigenvalue weighted by Crippen LogP contribution is -2.36. The Morgan fingerprint density at radius 2 is 1.45 bits per heavy atom. The molecule has 0 aromatic carbocycles. The van der Waals surface area contributed by atoms with E-state index in [1.165, 1.54) is 46.0 Å². The minimum Gasteiger partial charge on any atom is -0.474 e. The Balaban J connectivity index is 2.18. The van der Waals surface area contributed by atoms with Crippen molar-refractivity contribution < 1.29 is 23.5 Å². The van der Waals surface area contributed by atoms with Gasteiger partial charge in [-0.25, -0.2) is 0 Å². The van der Waals surface area contributed by atoms with Crippen LogP contribution in [0.15, 0.2) is 16.7 Å². The molecular formula is C23H40O5Si. The molecule has 0 bridgehead atoms. The summed E-state index contributed by atoms with van der Waals surface area (Å²) in [6.07, 6.45) is 12.9. The molecule has 29 heavy (non-hydrogen) atoms. The van der Waals surface area contributed by atoms with E-state index < -0.39 is 8.07 Å². The summed E-state index contributed by atoms with van der Waals surface area (Å²) in [5.41, 5.74) is 0.992. The summed E-state index contributed by atoms with van der Waals surface area (Å²) in [6, 6.07) is 2.08. The lowest BCUT2D eigenvalue weighted by atomic mass is 10.0. The van der Waals surface area contributed by atoms with Gasteiger partial charge in [0.1, 0.15) is 14.2 Å². The fourth-order valence-electron chi connectivity index (χ4n) is 3.29. The highest BCUT2D eigenvalue weighted by atomic mass is 28.3. The first-order valence-electron chi connectivity index (χ1n) is 11.1. The van der Waals surface area contributed by atoms with Crippen LogP contribution in [0.3, 0.4) is 0 Å². The zero-order valence-corrected chi connectivity index (χ0v) is 20.1. The maximum Gasteiger partial charge on any atom is 0.303 e. The highest BCUT2D eigenvalue weighted by molar-refractivity contribution is 6.87. The molecule has 0 aliphatic rings. The molecule has 1 atom stereocenters. The molecule has 1 aromatic rings. The Labute approximate surface area is 177 Å². The average Bonchev–Trinajstić information content (AvgIpc) is 3.11. The fraction of sp³-hybridized carbons (Fsp3) is 0.739. The first-order valence-corrected chi connectivity index (χ1v) is 14.6. The minimum atomic E-state index is -1.50. The second-order valence-electron chi connectivity index (χ2n) is 8.90. The Morgan fingerprint density at radius 1 is 0.897 bits per heavy atom. The predicted octanol–water partition coefficient (Wildman–Crippen LogP) is 5.89. The third kappa shape index (κ3) is 11.9. The lowest BCUT2D eigenvalue weighted by molar-refractivity contribution is -0.147. The molecule has 0 saturated carbocycles. The molecule has 1 unspecified atom stereocenters. The van der Waals surface area contributed by atoms with Gasteiger partial charge >= 0.3 is 11.9 Å². The van der Waals surface area contributed by atoms with Gasteiger partial charge in [-0.05, 0) is 25.3 Å². The molecule has 5 nitrogen and oxygen atoms in total. The number of carbonyl (C=O) groups is 2. The van der Waals surface area contributed by atoms with Crippen LogP contribution in [-0.2, 0) is 19.1 Å². The monoisotopic (exact) mass is 424 g/mol. The standard InChI is InChI=1S/C23H40O5Si/c1-19(24)26-16-14-12-10-8-6-7-9-11-13-15-22(28-20(2)25)21-17-23(27-18-21)29(3,4)5/h17-18,22H,6-16H2,1-5H3. The van der Waals surface area contributed by atoms with Crippen molar-refractivity contribution in [1.29, 1.82) is 0 Å². The maximum atomic E-state index is 11.5. The number of ether oxygens (including phenoxy) is 2. The van der Waals surface area contributed by atoms with Crippen LogP contribution < -0.4 is 5.38 Å². The van der Waals surface area contributed by atoms with Crippen LogP contribution in [0.1, 0.15) is 89.7 Å². The summed E-state index contributed by atoms with van der Waals surface area (Å²) in [5.74, 6) is -0.426. The molecule has 0 N–H and O–H groups in total. The lowest BCUT2D eigenvalue weighted by Gasteiger charge is -2.15. The van der Waals surface area contributed by atoms with E-state index in [4.69, 9.17) is 13.9 Å². The fourth-order valence-corrected chi connectivity index (χ4v) is 4.30. The number of furan rings is 1. The van der Waals surface area contributed by atoms with Crippen molar-refractivity contribution >= 4 is 25.4 Å². The van der Waals surface area contributed by atoms with Gasteiger partial charge in [0.25, 0.3) is 0 Å². The van der Waals surface area contributed by atoms with Gasteiger partial charge in [0.05, 0.1) is 18.3 Å². The zero-order valence-electron chi connectivity index (χ0n) is 19.1. The van der Waals surface area contributed by atoms with Crippen LogP contribution in [-0.4, -0.2) is 26.6 Å². The van der Waals surface area contributed by atoms with E-state index >= 15 is 0 Å². The number of unbranched alkanes of at least 4 members (excludes halogenated alkanes) is 8. The third-order valence-corrected chi connectivity index (χ3v) is 6.70. The smallest absolute Gasteiger partial charge is 0.303 e. The van der Waals surface area contributed by atoms with Crippen molar-refractivity contribution in [2.45, 2.75) is 104 Å². The van der Waals surface area contributed by atoms with Gasteiger partial charge in [0.2, 0.25) is 0 Å². The molecule has 0 amide bonds. The SMILES string of the molecule is CC(=O)OCCCCCCCCCCCC(OC(C)=O)c1coc([Si](C)(C)C)c1. The Hall–Kier alpha value is -1.56. The molecule has 1 rings (SSSR count). The van der Waals surface area contributed by atoms with Gasteiger partial charge in [0, 0.05) is 19.4 Å². The van der Waals surface area contributed by atoms with Gasteiger partial charge < -0.3 is 13.9 Å². The van der Waals surface area contributed by atoms with Gasteiger partial charge in [-0.15, -0.1) is 0 Å². The minimum absolute atomic E-state index is 0.190. The number of hydrogen-bond donors (Lipinski definition) is 0. The molecule has 1 heterocycles. The molecule has 0 aliphatic heterocycles. The summed E-state index contributed by atoms with van der Waals surface area (Å²) < 4.78 is 16.2. The number of carbonyl (C=O) groups excluding carboxylic acids is 2. The molecule has 0 aliphatic carbocycles. The highest BCUT2D eigenvalue weighted by Crippen LogP contribution is 2.25. The van der Waals surface area contributed by atoms with Crippen LogP contribution in [0, 0.1) is 0 Å². The van der Waals surface area contributed by atoms with E-state index in [1.807, 2.05) is 0 Å². The highest BCUT2D eigenvalue weighted by Gasteiger charge is 2.24. The van der Waals surface area contributed by atoms with Crippen molar-refractivity contribution in [1.82, 2.24) is 0 Å². The Kier molecular flexibility index (Phi) is 12.0. The molecule has 0 saturated heterocycles. The first kappa shape index (κ1) is 25.5. The van der Waals surface area contributed by atoms with Gasteiger partial charge in [-0.1, -0.05) is 64.6 Å². The van der Waals surface area contributed by atoms with Gasteiger partial charge in [0.15, 0.2) is 0 Å². The normalized spacial score (nSPS) is 12.6. The molecule has 1 aromatic heterocycles. The molecule has 166 valence electrons. The predicted molar refractivity (Wildman–Crippen MR) is 119 cm³/mol. The summed E-state index contributed by atoms with van der Waals surface area (Å²) >= 11 is 0. The van der Waals surface area contributed by atoms with Gasteiger partial charge in [-0.3, -0.25) is 9.59 Å². The number of hydrogen-bond acceptors (Lipinski definition) is 5. The van der Waals surface area contributed by atoms with Crippen molar-refractivity contribution in [3.05, 3.63) is 17.9 Å². The molecule has 6 heteroatoms. The summed E-state index contributed by atoms with van der Waals surface area (Å²) in [4.78, 5) is 22.2. The molecule has 0 spiro atoms. The van der Waals surface area contributed by atoms with Crippen LogP contribution in [0.25, 0.3) is 0 Å². The van der Waals surface area contributed by atoms with Crippen molar-refractivity contribution in [2.75, 3.05) is 6.61 Å². The Bertz CT molecular complexity index is 603. The first-order chi connectivity index (χ1) is 13.7. The molecule has 0 radical (unpaired) electrons. The number of rotatable bonds is 15. The van der Waals surface area contributed by atoms with Crippen LogP contribution >= 0.6 is 0 Å². The third-order valence-electron chi connectivity index (χ3n) is 4.95. The van der Waals surface area contributed by atoms with Crippen molar-refractivity contribution in [2.24, 2.45) is 0 Å². The summed E-state index contributed by atoms with van der Waals surface area (Å²) in [7, 11) is -1.50. The van der Waals surface area contributed by atoms with Crippen LogP contribution in [0.5, 0.6) is 0 Å². The molecule has 0 fully saturated rings. The summed E-state index contributed by atoms with van der Waals surface area (Å²) in [5, 5.41) is 1.05. The molecular weight excluding hydrogens is 384 g/mol. The largest absolute Gasteiger partial charge is 0.474 e. The van der Waals surface area contributed by atoms with E-state index in [2.05, 4.69) is 25.7 Å². The van der Waals surface area contributed by atoms with E-state index in [0.717, 1.165) is 43.1 Å². The van der Waals surface area contributed by atoms with E-state index in [1.54, 1.807) is 6.26 Å².